The molecule has 1 N–H and O–H groups in total. The fourth-order valence-electron chi connectivity index (χ4n) is 1.72. The van der Waals surface area contributed by atoms with Crippen molar-refractivity contribution in [2.24, 2.45) is 0 Å². The van der Waals surface area contributed by atoms with Gasteiger partial charge in [-0.05, 0) is 36.7 Å². The maximum absolute atomic E-state index is 4.63. The molecule has 0 radical (unpaired) electrons. The van der Waals surface area contributed by atoms with Crippen LogP contribution in [0.2, 0.25) is 0 Å². The van der Waals surface area contributed by atoms with Crippen LogP contribution in [0.15, 0.2) is 30.6 Å². The lowest BCUT2D eigenvalue weighted by atomic mass is 10.1. The molecule has 4 nitrogen and oxygen atoms in total. The van der Waals surface area contributed by atoms with Crippen LogP contribution in [-0.4, -0.2) is 21.8 Å². The lowest BCUT2D eigenvalue weighted by Crippen LogP contribution is -2.09. The van der Waals surface area contributed by atoms with Crippen LogP contribution in [0, 0.1) is 0 Å². The Labute approximate surface area is 102 Å². The number of nitrogens with one attached hydrogen (secondary N) is 1. The van der Waals surface area contributed by atoms with Crippen LogP contribution in [0.5, 0.6) is 0 Å². The summed E-state index contributed by atoms with van der Waals surface area (Å²) in [6.07, 6.45) is 3.68. The fraction of sp³-hybridized carbons (Fsp3) is 0.385. The van der Waals surface area contributed by atoms with Crippen LogP contribution >= 0.6 is 0 Å². The Morgan fingerprint density at radius 2 is 2.18 bits per heavy atom. The van der Waals surface area contributed by atoms with E-state index in [1.807, 2.05) is 19.3 Å². The molecule has 2 heterocycles. The summed E-state index contributed by atoms with van der Waals surface area (Å²) >= 11 is 0. The lowest BCUT2D eigenvalue weighted by Gasteiger charge is -2.11. The molecular formula is C13H18N4. The summed E-state index contributed by atoms with van der Waals surface area (Å²) in [4.78, 5) is 4.63. The molecule has 2 aromatic heterocycles. The Balaban J connectivity index is 2.44. The molecule has 2 rings (SSSR count). The molecule has 0 fully saturated rings. The van der Waals surface area contributed by atoms with E-state index >= 15 is 0 Å². The Kier molecular flexibility index (Phi) is 3.54. The molecule has 0 spiro atoms. The van der Waals surface area contributed by atoms with Crippen LogP contribution in [0.4, 0.5) is 0 Å². The van der Waals surface area contributed by atoms with Crippen molar-refractivity contribution in [2.45, 2.75) is 26.3 Å². The maximum Gasteiger partial charge on any atom is 0.153 e. The number of hydrogen-bond donors (Lipinski definition) is 1. The van der Waals surface area contributed by atoms with Gasteiger partial charge in [-0.3, -0.25) is 0 Å². The van der Waals surface area contributed by atoms with E-state index in [4.69, 9.17) is 0 Å². The van der Waals surface area contributed by atoms with E-state index in [-0.39, 0.29) is 0 Å². The number of hydrogen-bond acceptors (Lipinski definition) is 3. The van der Waals surface area contributed by atoms with Crippen molar-refractivity contribution < 1.29 is 0 Å². The van der Waals surface area contributed by atoms with Gasteiger partial charge >= 0.3 is 0 Å². The van der Waals surface area contributed by atoms with E-state index < -0.39 is 0 Å². The Bertz CT molecular complexity index is 474. The van der Waals surface area contributed by atoms with E-state index in [1.165, 1.54) is 5.56 Å². The van der Waals surface area contributed by atoms with Gasteiger partial charge in [0.15, 0.2) is 5.82 Å². The average Bonchev–Trinajstić information content (AvgIpc) is 2.82. The first-order chi connectivity index (χ1) is 8.20. The third kappa shape index (κ3) is 2.71. The zero-order chi connectivity index (χ0) is 12.3. The van der Waals surface area contributed by atoms with Crippen molar-refractivity contribution in [1.82, 2.24) is 20.1 Å². The predicted octanol–water partition coefficient (Wildman–Crippen LogP) is 2.11. The standard InChI is InChI=1S/C13H18N4/c1-10(2)12-7-11(9-14-3)8-13(16-12)17-6-4-5-15-17/h4-8,10,14H,9H2,1-3H3. The van der Waals surface area contributed by atoms with Gasteiger partial charge in [0.2, 0.25) is 0 Å². The molecule has 0 aliphatic heterocycles. The zero-order valence-corrected chi connectivity index (χ0v) is 10.5. The van der Waals surface area contributed by atoms with Gasteiger partial charge in [-0.2, -0.15) is 5.10 Å². The van der Waals surface area contributed by atoms with Gasteiger partial charge in [-0.1, -0.05) is 13.8 Å². The number of rotatable bonds is 4. The third-order valence-electron chi connectivity index (χ3n) is 2.60. The smallest absolute Gasteiger partial charge is 0.153 e. The highest BCUT2D eigenvalue weighted by Gasteiger charge is 2.07. The minimum absolute atomic E-state index is 0.418. The highest BCUT2D eigenvalue weighted by molar-refractivity contribution is 5.31. The van der Waals surface area contributed by atoms with Crippen molar-refractivity contribution in [3.63, 3.8) is 0 Å². The molecule has 0 aromatic carbocycles. The Hall–Kier alpha value is -1.68. The summed E-state index contributed by atoms with van der Waals surface area (Å²) in [6, 6.07) is 6.12. The van der Waals surface area contributed by atoms with Crippen molar-refractivity contribution >= 4 is 0 Å². The molecule has 0 aliphatic rings. The number of pyridine rings is 1. The summed E-state index contributed by atoms with van der Waals surface area (Å²) in [5.74, 6) is 1.30. The zero-order valence-electron chi connectivity index (χ0n) is 10.5. The second kappa shape index (κ2) is 5.10. The molecule has 17 heavy (non-hydrogen) atoms. The highest BCUT2D eigenvalue weighted by Crippen LogP contribution is 2.16. The molecule has 0 unspecified atom stereocenters. The van der Waals surface area contributed by atoms with Gasteiger partial charge in [0, 0.05) is 24.6 Å². The van der Waals surface area contributed by atoms with E-state index in [0.29, 0.717) is 5.92 Å². The first-order valence-corrected chi connectivity index (χ1v) is 5.86. The first kappa shape index (κ1) is 11.8. The summed E-state index contributed by atoms with van der Waals surface area (Å²) < 4.78 is 1.80. The highest BCUT2D eigenvalue weighted by atomic mass is 15.3. The van der Waals surface area contributed by atoms with Gasteiger partial charge in [0.1, 0.15) is 0 Å². The average molecular weight is 230 g/mol. The van der Waals surface area contributed by atoms with Crippen molar-refractivity contribution in [2.75, 3.05) is 7.05 Å². The van der Waals surface area contributed by atoms with Crippen LogP contribution in [0.25, 0.3) is 5.82 Å². The predicted molar refractivity (Wildman–Crippen MR) is 68.2 cm³/mol. The van der Waals surface area contributed by atoms with Crippen LogP contribution in [0.1, 0.15) is 31.0 Å². The molecule has 90 valence electrons. The van der Waals surface area contributed by atoms with Gasteiger partial charge in [0.25, 0.3) is 0 Å². The molecule has 0 bridgehead atoms. The molecule has 0 saturated carbocycles. The second-order valence-electron chi connectivity index (χ2n) is 4.39. The van der Waals surface area contributed by atoms with Crippen LogP contribution in [0.3, 0.4) is 0 Å². The van der Waals surface area contributed by atoms with Gasteiger partial charge in [0.05, 0.1) is 0 Å². The summed E-state index contributed by atoms with van der Waals surface area (Å²) in [5.41, 5.74) is 2.33. The first-order valence-electron chi connectivity index (χ1n) is 5.86. The number of nitrogens with zero attached hydrogens (tertiary/aromatic N) is 3. The normalized spacial score (nSPS) is 11.1. The topological polar surface area (TPSA) is 42.7 Å². The molecule has 0 aliphatic carbocycles. The Morgan fingerprint density at radius 1 is 1.35 bits per heavy atom. The lowest BCUT2D eigenvalue weighted by molar-refractivity contribution is 0.761. The largest absolute Gasteiger partial charge is 0.316 e. The van der Waals surface area contributed by atoms with E-state index in [9.17, 15) is 0 Å². The second-order valence-corrected chi connectivity index (χ2v) is 4.39. The maximum atomic E-state index is 4.63. The summed E-state index contributed by atoms with van der Waals surface area (Å²) in [7, 11) is 1.95. The quantitative estimate of drug-likeness (QED) is 0.874. The molecule has 4 heteroatoms. The summed E-state index contributed by atoms with van der Waals surface area (Å²) in [6.45, 7) is 5.15. The van der Waals surface area contributed by atoms with Gasteiger partial charge in [-0.25, -0.2) is 9.67 Å². The van der Waals surface area contributed by atoms with Gasteiger partial charge < -0.3 is 5.32 Å². The molecule has 0 atom stereocenters. The SMILES string of the molecule is CNCc1cc(C(C)C)nc(-n2cccn2)c1. The number of aromatic nitrogens is 3. The molecule has 0 amide bonds. The molecular weight excluding hydrogens is 212 g/mol. The van der Waals surface area contributed by atoms with Crippen molar-refractivity contribution in [1.29, 1.82) is 0 Å². The molecule has 0 saturated heterocycles. The minimum atomic E-state index is 0.418. The van der Waals surface area contributed by atoms with E-state index in [2.05, 4.69) is 41.4 Å². The van der Waals surface area contributed by atoms with E-state index in [0.717, 1.165) is 18.1 Å². The minimum Gasteiger partial charge on any atom is -0.316 e. The van der Waals surface area contributed by atoms with Gasteiger partial charge in [-0.15, -0.1) is 0 Å². The van der Waals surface area contributed by atoms with E-state index in [1.54, 1.807) is 10.9 Å². The van der Waals surface area contributed by atoms with Crippen molar-refractivity contribution in [3.8, 4) is 5.82 Å². The van der Waals surface area contributed by atoms with Crippen LogP contribution in [-0.2, 0) is 6.54 Å². The monoisotopic (exact) mass is 230 g/mol. The Morgan fingerprint density at radius 3 is 2.76 bits per heavy atom. The fourth-order valence-corrected chi connectivity index (χ4v) is 1.72. The molecule has 2 aromatic rings. The van der Waals surface area contributed by atoms with Crippen molar-refractivity contribution in [3.05, 3.63) is 41.9 Å². The summed E-state index contributed by atoms with van der Waals surface area (Å²) in [5, 5.41) is 7.39. The third-order valence-corrected chi connectivity index (χ3v) is 2.60. The van der Waals surface area contributed by atoms with Crippen LogP contribution < -0.4 is 5.32 Å².